The monoisotopic (exact) mass is 252 g/mol. The highest BCUT2D eigenvalue weighted by atomic mass is 15.3. The molecular weight excluding hydrogens is 224 g/mol. The molecule has 1 saturated heterocycles. The Morgan fingerprint density at radius 2 is 2.28 bits per heavy atom. The van der Waals surface area contributed by atoms with Crippen LogP contribution in [-0.2, 0) is 0 Å². The highest BCUT2D eigenvalue weighted by Crippen LogP contribution is 2.17. The van der Waals surface area contributed by atoms with Crippen molar-refractivity contribution in [2.75, 3.05) is 26.2 Å². The van der Waals surface area contributed by atoms with Crippen LogP contribution in [0.15, 0.2) is 4.99 Å². The van der Waals surface area contributed by atoms with E-state index in [4.69, 9.17) is 0 Å². The third kappa shape index (κ3) is 3.87. The second kappa shape index (κ2) is 6.41. The minimum atomic E-state index is 0.491. The van der Waals surface area contributed by atoms with E-state index in [0.717, 1.165) is 25.0 Å². The Hall–Kier alpha value is -0.770. The lowest BCUT2D eigenvalue weighted by Crippen LogP contribution is -2.49. The number of nitrogens with one attached hydrogen (secondary N) is 2. The molecule has 2 N–H and O–H groups in total. The summed E-state index contributed by atoms with van der Waals surface area (Å²) in [5.74, 6) is 1.75. The van der Waals surface area contributed by atoms with E-state index < -0.39 is 0 Å². The lowest BCUT2D eigenvalue weighted by molar-refractivity contribution is 0.133. The van der Waals surface area contributed by atoms with Crippen LogP contribution in [0.5, 0.6) is 0 Å². The number of nitrogens with zero attached hydrogens (tertiary/aromatic N) is 2. The summed E-state index contributed by atoms with van der Waals surface area (Å²) >= 11 is 0. The molecule has 2 atom stereocenters. The molecule has 104 valence electrons. The second-order valence-corrected chi connectivity index (χ2v) is 6.15. The second-order valence-electron chi connectivity index (χ2n) is 6.15. The van der Waals surface area contributed by atoms with E-state index in [1.54, 1.807) is 0 Å². The van der Waals surface area contributed by atoms with Gasteiger partial charge in [0.1, 0.15) is 0 Å². The van der Waals surface area contributed by atoms with Crippen LogP contribution in [0, 0.1) is 5.92 Å². The minimum Gasteiger partial charge on any atom is -0.355 e. The maximum absolute atomic E-state index is 4.46. The van der Waals surface area contributed by atoms with E-state index in [2.05, 4.69) is 41.3 Å². The summed E-state index contributed by atoms with van der Waals surface area (Å²) < 4.78 is 0. The van der Waals surface area contributed by atoms with Crippen molar-refractivity contribution in [2.24, 2.45) is 10.9 Å². The van der Waals surface area contributed by atoms with Crippen molar-refractivity contribution < 1.29 is 0 Å². The molecule has 0 aromatic rings. The summed E-state index contributed by atoms with van der Waals surface area (Å²) in [5.41, 5.74) is 0. The largest absolute Gasteiger partial charge is 0.355 e. The van der Waals surface area contributed by atoms with E-state index in [-0.39, 0.29) is 0 Å². The number of likely N-dealkylation sites (tertiary alicyclic amines) is 1. The van der Waals surface area contributed by atoms with Gasteiger partial charge in [0.2, 0.25) is 0 Å². The number of rotatable bonds is 4. The zero-order valence-electron chi connectivity index (χ0n) is 12.1. The van der Waals surface area contributed by atoms with Crippen molar-refractivity contribution in [2.45, 2.75) is 52.1 Å². The predicted molar refractivity (Wildman–Crippen MR) is 77.0 cm³/mol. The molecule has 1 fully saturated rings. The molecule has 0 aromatic carbocycles. The van der Waals surface area contributed by atoms with Crippen LogP contribution in [0.25, 0.3) is 0 Å². The molecule has 2 aliphatic heterocycles. The number of hydrogen-bond donors (Lipinski definition) is 2. The first-order valence-electron chi connectivity index (χ1n) is 7.44. The summed E-state index contributed by atoms with van der Waals surface area (Å²) in [6.07, 6.45) is 4.05. The number of guanidine groups is 1. The molecule has 0 radical (unpaired) electrons. The third-order valence-electron chi connectivity index (χ3n) is 3.76. The smallest absolute Gasteiger partial charge is 0.191 e. The van der Waals surface area contributed by atoms with E-state index in [9.17, 15) is 0 Å². The standard InChI is InChI=1S/C14H28N4/c1-11(2)10-18-7-5-4-6-13(18)9-16-14-15-8-12(3)17-14/h11-13H,4-10H2,1-3H3,(H2,15,16,17). The SMILES string of the molecule is CC(C)CN1CCCCC1CNC1=NCC(C)N1. The van der Waals surface area contributed by atoms with Crippen molar-refractivity contribution in [3.8, 4) is 0 Å². The first kappa shape index (κ1) is 13.7. The van der Waals surface area contributed by atoms with Crippen LogP contribution < -0.4 is 10.6 Å². The van der Waals surface area contributed by atoms with Crippen LogP contribution in [0.3, 0.4) is 0 Å². The molecule has 2 aliphatic rings. The number of piperidine rings is 1. The van der Waals surface area contributed by atoms with Gasteiger partial charge in [-0.2, -0.15) is 0 Å². The quantitative estimate of drug-likeness (QED) is 0.795. The highest BCUT2D eigenvalue weighted by molar-refractivity contribution is 5.81. The summed E-state index contributed by atoms with van der Waals surface area (Å²) in [4.78, 5) is 7.12. The fraction of sp³-hybridized carbons (Fsp3) is 0.929. The Balaban J connectivity index is 1.78. The van der Waals surface area contributed by atoms with Gasteiger partial charge in [0.05, 0.1) is 6.54 Å². The Labute approximate surface area is 111 Å². The van der Waals surface area contributed by atoms with Gasteiger partial charge >= 0.3 is 0 Å². The lowest BCUT2D eigenvalue weighted by Gasteiger charge is -2.37. The maximum Gasteiger partial charge on any atom is 0.191 e. The van der Waals surface area contributed by atoms with Crippen LogP contribution in [-0.4, -0.2) is 49.1 Å². The van der Waals surface area contributed by atoms with Gasteiger partial charge in [-0.1, -0.05) is 20.3 Å². The molecule has 0 spiro atoms. The lowest BCUT2D eigenvalue weighted by atomic mass is 10.0. The number of aliphatic imine (C=N–C) groups is 1. The van der Waals surface area contributed by atoms with Crippen LogP contribution in [0.4, 0.5) is 0 Å². The average molecular weight is 252 g/mol. The normalized spacial score (nSPS) is 29.2. The first-order chi connectivity index (χ1) is 8.65. The van der Waals surface area contributed by atoms with E-state index in [1.165, 1.54) is 32.4 Å². The summed E-state index contributed by atoms with van der Waals surface area (Å²) in [7, 11) is 0. The van der Waals surface area contributed by atoms with E-state index >= 15 is 0 Å². The van der Waals surface area contributed by atoms with Gasteiger partial charge in [-0.3, -0.25) is 9.89 Å². The molecule has 0 saturated carbocycles. The van der Waals surface area contributed by atoms with Gasteiger partial charge in [-0.25, -0.2) is 0 Å². The third-order valence-corrected chi connectivity index (χ3v) is 3.76. The van der Waals surface area contributed by atoms with Crippen LogP contribution in [0.1, 0.15) is 40.0 Å². The van der Waals surface area contributed by atoms with Crippen molar-refractivity contribution in [1.82, 2.24) is 15.5 Å². The van der Waals surface area contributed by atoms with Gasteiger partial charge < -0.3 is 10.6 Å². The molecule has 4 heteroatoms. The van der Waals surface area contributed by atoms with Crippen molar-refractivity contribution in [3.63, 3.8) is 0 Å². The highest BCUT2D eigenvalue weighted by Gasteiger charge is 2.23. The van der Waals surface area contributed by atoms with Crippen molar-refractivity contribution in [1.29, 1.82) is 0 Å². The minimum absolute atomic E-state index is 0.491. The summed E-state index contributed by atoms with van der Waals surface area (Å²) in [5, 5.41) is 6.85. The van der Waals surface area contributed by atoms with Gasteiger partial charge in [0, 0.05) is 25.2 Å². The van der Waals surface area contributed by atoms with Gasteiger partial charge in [0.15, 0.2) is 5.96 Å². The maximum atomic E-state index is 4.46. The van der Waals surface area contributed by atoms with Crippen LogP contribution >= 0.6 is 0 Å². The van der Waals surface area contributed by atoms with Crippen LogP contribution in [0.2, 0.25) is 0 Å². The zero-order chi connectivity index (χ0) is 13.0. The topological polar surface area (TPSA) is 39.7 Å². The summed E-state index contributed by atoms with van der Waals surface area (Å²) in [6, 6.07) is 1.17. The fourth-order valence-corrected chi connectivity index (χ4v) is 2.87. The van der Waals surface area contributed by atoms with E-state index in [1.807, 2.05) is 0 Å². The first-order valence-corrected chi connectivity index (χ1v) is 7.44. The Morgan fingerprint density at radius 3 is 2.94 bits per heavy atom. The van der Waals surface area contributed by atoms with Crippen molar-refractivity contribution in [3.05, 3.63) is 0 Å². The van der Waals surface area contributed by atoms with E-state index in [0.29, 0.717) is 12.1 Å². The molecule has 2 heterocycles. The molecule has 18 heavy (non-hydrogen) atoms. The zero-order valence-corrected chi connectivity index (χ0v) is 12.1. The molecule has 0 amide bonds. The van der Waals surface area contributed by atoms with Gasteiger partial charge in [-0.15, -0.1) is 0 Å². The Bertz CT molecular complexity index is 288. The van der Waals surface area contributed by atoms with Crippen molar-refractivity contribution >= 4 is 5.96 Å². The fourth-order valence-electron chi connectivity index (χ4n) is 2.87. The Kier molecular flexibility index (Phi) is 4.87. The molecule has 0 bridgehead atoms. The molecule has 2 rings (SSSR count). The predicted octanol–water partition coefficient (Wildman–Crippen LogP) is 1.43. The Morgan fingerprint density at radius 1 is 1.44 bits per heavy atom. The molecule has 0 aliphatic carbocycles. The molecule has 0 aromatic heterocycles. The van der Waals surface area contributed by atoms with Gasteiger partial charge in [-0.05, 0) is 32.2 Å². The average Bonchev–Trinajstić information content (AvgIpc) is 2.73. The molecule has 4 nitrogen and oxygen atoms in total. The molecular formula is C14H28N4. The molecule has 2 unspecified atom stereocenters. The van der Waals surface area contributed by atoms with Gasteiger partial charge in [0.25, 0.3) is 0 Å². The number of hydrogen-bond acceptors (Lipinski definition) is 4. The summed E-state index contributed by atoms with van der Waals surface area (Å²) in [6.45, 7) is 11.2.